The third-order valence-corrected chi connectivity index (χ3v) is 5.51. The van der Waals surface area contributed by atoms with Crippen molar-refractivity contribution in [2.75, 3.05) is 0 Å². The van der Waals surface area contributed by atoms with Crippen LogP contribution in [0.4, 0.5) is 35.1 Å². The Labute approximate surface area is 202 Å². The van der Waals surface area contributed by atoms with Crippen LogP contribution in [0.25, 0.3) is 22.6 Å². The van der Waals surface area contributed by atoms with E-state index in [0.717, 1.165) is 12.1 Å². The molecule has 3 heterocycles. The second-order valence-corrected chi connectivity index (χ2v) is 8.07. The molecule has 14 heteroatoms. The van der Waals surface area contributed by atoms with Gasteiger partial charge in [-0.05, 0) is 24.3 Å². The number of benzene rings is 2. The smallest absolute Gasteiger partial charge is 0.359 e. The summed E-state index contributed by atoms with van der Waals surface area (Å²) in [5.74, 6) is -1.31. The number of halogens is 8. The second kappa shape index (κ2) is 8.71. The fraction of sp³-hybridized carbons (Fsp3) is 0.174. The van der Waals surface area contributed by atoms with Gasteiger partial charge in [0.2, 0.25) is 0 Å². The van der Waals surface area contributed by atoms with E-state index >= 15 is 0 Å². The molecule has 0 saturated carbocycles. The van der Waals surface area contributed by atoms with Gasteiger partial charge in [0.1, 0.15) is 28.8 Å². The number of hydrogen-bond acceptors (Lipinski definition) is 5. The van der Waals surface area contributed by atoms with E-state index < -0.39 is 40.7 Å². The average molecular weight is 527 g/mol. The van der Waals surface area contributed by atoms with Gasteiger partial charge in [0.05, 0.1) is 41.7 Å². The molecule has 0 aliphatic carbocycles. The largest absolute Gasteiger partial charge is 0.417 e. The zero-order chi connectivity index (χ0) is 26.5. The molecule has 0 unspecified atom stereocenters. The summed E-state index contributed by atoms with van der Waals surface area (Å²) in [5.41, 5.74) is -2.81. The number of aromatic amines is 1. The Bertz CT molecular complexity index is 1500. The number of aromatic nitrogens is 3. The second-order valence-electron chi connectivity index (χ2n) is 8.07. The maximum atomic E-state index is 14.1. The first-order chi connectivity index (χ1) is 17.4. The summed E-state index contributed by atoms with van der Waals surface area (Å²) in [7, 11) is 0. The highest BCUT2D eigenvalue weighted by atomic mass is 19.4. The van der Waals surface area contributed by atoms with E-state index in [1.54, 1.807) is 0 Å². The van der Waals surface area contributed by atoms with Crippen LogP contribution in [-0.4, -0.2) is 26.3 Å². The first-order valence-corrected chi connectivity index (χ1v) is 10.5. The van der Waals surface area contributed by atoms with Crippen molar-refractivity contribution in [1.82, 2.24) is 20.1 Å². The summed E-state index contributed by atoms with van der Waals surface area (Å²) in [6.45, 7) is 0.0793. The highest BCUT2D eigenvalue weighted by Crippen LogP contribution is 2.40. The van der Waals surface area contributed by atoms with Crippen LogP contribution < -0.4 is 0 Å². The van der Waals surface area contributed by atoms with Gasteiger partial charge in [0.25, 0.3) is 0 Å². The highest BCUT2D eigenvalue weighted by molar-refractivity contribution is 5.80. The third kappa shape index (κ3) is 4.90. The number of hydrazone groups is 1. The number of rotatable bonds is 4. The van der Waals surface area contributed by atoms with Crippen molar-refractivity contribution < 1.29 is 39.6 Å². The van der Waals surface area contributed by atoms with Gasteiger partial charge < -0.3 is 9.51 Å². The number of H-pyrrole nitrogens is 1. The quantitative estimate of drug-likeness (QED) is 0.312. The highest BCUT2D eigenvalue weighted by Gasteiger charge is 2.39. The lowest BCUT2D eigenvalue weighted by atomic mass is 10.0. The molecule has 1 N–H and O–H groups in total. The number of fused-ring (bicyclic) bond motifs is 1. The summed E-state index contributed by atoms with van der Waals surface area (Å²) >= 11 is 0. The normalized spacial score (nSPS) is 13.8. The topological polar surface area (TPSA) is 70.3 Å². The van der Waals surface area contributed by atoms with Gasteiger partial charge in [-0.15, -0.1) is 0 Å². The zero-order valence-corrected chi connectivity index (χ0v) is 18.3. The lowest BCUT2D eigenvalue weighted by Crippen LogP contribution is -2.21. The zero-order valence-electron chi connectivity index (χ0n) is 18.3. The van der Waals surface area contributed by atoms with Crippen LogP contribution >= 0.6 is 0 Å². The van der Waals surface area contributed by atoms with E-state index in [4.69, 9.17) is 4.52 Å². The summed E-state index contributed by atoms with van der Waals surface area (Å²) < 4.78 is 112. The molecule has 5 rings (SSSR count). The number of hydrogen-bond donors (Lipinski definition) is 1. The fourth-order valence-corrected chi connectivity index (χ4v) is 3.79. The number of imidazole rings is 1. The van der Waals surface area contributed by atoms with E-state index in [-0.39, 0.29) is 42.0 Å². The molecular formula is C23H13F8N5O. The molecule has 0 amide bonds. The van der Waals surface area contributed by atoms with Crippen LogP contribution in [0.2, 0.25) is 0 Å². The summed E-state index contributed by atoms with van der Waals surface area (Å²) in [5, 5.41) is 9.21. The SMILES string of the molecule is Fc1ccc(-c2nc3c([nH]2)CN(Cc2cc(-c4ccc(C(F)(F)F)cc4C(F)(F)F)no2)N=C3)c(F)c1. The van der Waals surface area contributed by atoms with Gasteiger partial charge in [-0.2, -0.15) is 31.4 Å². The molecule has 2 aromatic carbocycles. The molecule has 192 valence electrons. The predicted molar refractivity (Wildman–Crippen MR) is 113 cm³/mol. The van der Waals surface area contributed by atoms with E-state index in [9.17, 15) is 35.1 Å². The standard InChI is InChI=1S/C23H13F8N5O/c24-12-2-4-15(17(25)6-12)21-33-19-8-32-36(10-20(19)34-21)9-13-7-18(35-37-13)14-3-1-11(22(26,27)28)5-16(14)23(29,30)31/h1-8H,9-10H2,(H,33,34). The van der Waals surface area contributed by atoms with Gasteiger partial charge >= 0.3 is 12.4 Å². The van der Waals surface area contributed by atoms with Gasteiger partial charge in [-0.3, -0.25) is 5.01 Å². The lowest BCUT2D eigenvalue weighted by molar-refractivity contribution is -0.142. The summed E-state index contributed by atoms with van der Waals surface area (Å²) in [4.78, 5) is 7.17. The van der Waals surface area contributed by atoms with E-state index in [0.29, 0.717) is 23.5 Å². The first-order valence-electron chi connectivity index (χ1n) is 10.5. The molecule has 1 aliphatic rings. The molecule has 0 spiro atoms. The maximum absolute atomic E-state index is 14.1. The van der Waals surface area contributed by atoms with E-state index in [2.05, 4.69) is 20.2 Å². The Morgan fingerprint density at radius 1 is 0.919 bits per heavy atom. The summed E-state index contributed by atoms with van der Waals surface area (Å²) in [6.07, 6.45) is -8.64. The average Bonchev–Trinajstić information content (AvgIpc) is 3.44. The van der Waals surface area contributed by atoms with Gasteiger partial charge in [-0.1, -0.05) is 11.2 Å². The minimum atomic E-state index is -5.06. The maximum Gasteiger partial charge on any atom is 0.417 e. The van der Waals surface area contributed by atoms with Crippen molar-refractivity contribution in [2.45, 2.75) is 25.4 Å². The van der Waals surface area contributed by atoms with Crippen molar-refractivity contribution in [3.8, 4) is 22.6 Å². The third-order valence-electron chi connectivity index (χ3n) is 5.51. The number of nitrogens with zero attached hydrogens (tertiary/aromatic N) is 4. The fourth-order valence-electron chi connectivity index (χ4n) is 3.79. The van der Waals surface area contributed by atoms with Crippen LogP contribution in [0, 0.1) is 11.6 Å². The van der Waals surface area contributed by atoms with Crippen LogP contribution in [0.5, 0.6) is 0 Å². The number of alkyl halides is 6. The summed E-state index contributed by atoms with van der Waals surface area (Å²) in [6, 6.07) is 5.47. The Kier molecular flexibility index (Phi) is 5.76. The molecule has 4 aromatic rings. The van der Waals surface area contributed by atoms with Crippen molar-refractivity contribution >= 4 is 6.21 Å². The van der Waals surface area contributed by atoms with Crippen LogP contribution in [0.15, 0.2) is 52.1 Å². The molecule has 2 aromatic heterocycles. The van der Waals surface area contributed by atoms with Crippen LogP contribution in [-0.2, 0) is 25.4 Å². The van der Waals surface area contributed by atoms with Gasteiger partial charge in [0, 0.05) is 17.7 Å². The van der Waals surface area contributed by atoms with Crippen molar-refractivity contribution in [2.24, 2.45) is 5.10 Å². The molecule has 0 radical (unpaired) electrons. The molecule has 6 nitrogen and oxygen atoms in total. The van der Waals surface area contributed by atoms with Gasteiger partial charge in [0.15, 0.2) is 5.76 Å². The van der Waals surface area contributed by atoms with Gasteiger partial charge in [-0.25, -0.2) is 13.8 Å². The number of nitrogens with one attached hydrogen (secondary N) is 1. The molecule has 0 saturated heterocycles. The Balaban J connectivity index is 1.36. The molecule has 1 aliphatic heterocycles. The minimum absolute atomic E-state index is 0.0277. The van der Waals surface area contributed by atoms with E-state index in [1.807, 2.05) is 0 Å². The van der Waals surface area contributed by atoms with Crippen LogP contribution in [0.1, 0.15) is 28.3 Å². The van der Waals surface area contributed by atoms with E-state index in [1.165, 1.54) is 23.4 Å². The Morgan fingerprint density at radius 3 is 2.38 bits per heavy atom. The molecular weight excluding hydrogens is 514 g/mol. The van der Waals surface area contributed by atoms with Crippen LogP contribution in [0.3, 0.4) is 0 Å². The Morgan fingerprint density at radius 2 is 1.68 bits per heavy atom. The van der Waals surface area contributed by atoms with Crippen molar-refractivity contribution in [1.29, 1.82) is 0 Å². The molecule has 0 atom stereocenters. The predicted octanol–water partition coefficient (Wildman–Crippen LogP) is 6.40. The minimum Gasteiger partial charge on any atom is -0.359 e. The Hall–Kier alpha value is -4.23. The van der Waals surface area contributed by atoms with Crippen molar-refractivity contribution in [3.05, 3.63) is 82.4 Å². The molecule has 0 bridgehead atoms. The lowest BCUT2D eigenvalue weighted by Gasteiger charge is -2.19. The molecule has 37 heavy (non-hydrogen) atoms. The monoisotopic (exact) mass is 527 g/mol. The molecule has 0 fully saturated rings. The van der Waals surface area contributed by atoms with Crippen molar-refractivity contribution in [3.63, 3.8) is 0 Å². The first kappa shape index (κ1) is 24.5.